The maximum Gasteiger partial charge on any atom is 0.238 e. The molecule has 1 aromatic heterocycles. The van der Waals surface area contributed by atoms with Gasteiger partial charge in [-0.15, -0.1) is 0 Å². The fourth-order valence-corrected chi connectivity index (χ4v) is 1.01. The van der Waals surface area contributed by atoms with Crippen LogP contribution in [0.15, 0.2) is 24.5 Å². The molecule has 1 rings (SSSR count). The number of hydrogen-bond acceptors (Lipinski definition) is 1. The molecule has 3 heteroatoms. The summed E-state index contributed by atoms with van der Waals surface area (Å²) in [4.78, 5) is 3.84. The standard InChI is InChI=1S/C9H11F2N/c10-9(11)3-1-2-8-4-6-12-7-5-8/h4-7,9H,1-3H2. The van der Waals surface area contributed by atoms with E-state index in [0.29, 0.717) is 12.8 Å². The van der Waals surface area contributed by atoms with Crippen LogP contribution in [0.25, 0.3) is 0 Å². The summed E-state index contributed by atoms with van der Waals surface area (Å²) in [6.07, 6.45) is 2.43. The zero-order chi connectivity index (χ0) is 8.81. The van der Waals surface area contributed by atoms with Crippen LogP contribution in [0.1, 0.15) is 18.4 Å². The lowest BCUT2D eigenvalue weighted by molar-refractivity contribution is 0.135. The Morgan fingerprint density at radius 1 is 1.25 bits per heavy atom. The van der Waals surface area contributed by atoms with E-state index in [-0.39, 0.29) is 6.42 Å². The molecular weight excluding hydrogens is 160 g/mol. The van der Waals surface area contributed by atoms with E-state index in [1.807, 2.05) is 12.1 Å². The van der Waals surface area contributed by atoms with E-state index in [2.05, 4.69) is 4.98 Å². The summed E-state index contributed by atoms with van der Waals surface area (Å²) in [5.41, 5.74) is 1.07. The summed E-state index contributed by atoms with van der Waals surface area (Å²) >= 11 is 0. The molecule has 0 saturated heterocycles. The van der Waals surface area contributed by atoms with Crippen LogP contribution in [-0.4, -0.2) is 11.4 Å². The minimum absolute atomic E-state index is 0.0116. The van der Waals surface area contributed by atoms with Crippen molar-refractivity contribution in [2.45, 2.75) is 25.7 Å². The van der Waals surface area contributed by atoms with Gasteiger partial charge in [-0.05, 0) is 30.5 Å². The number of alkyl halides is 2. The second-order valence-corrected chi connectivity index (χ2v) is 2.64. The van der Waals surface area contributed by atoms with Crippen molar-refractivity contribution in [2.24, 2.45) is 0 Å². The van der Waals surface area contributed by atoms with Gasteiger partial charge in [0.1, 0.15) is 0 Å². The van der Waals surface area contributed by atoms with E-state index in [1.165, 1.54) is 0 Å². The highest BCUT2D eigenvalue weighted by atomic mass is 19.3. The van der Waals surface area contributed by atoms with Gasteiger partial charge in [-0.1, -0.05) is 0 Å². The molecule has 0 aliphatic carbocycles. The highest BCUT2D eigenvalue weighted by molar-refractivity contribution is 5.09. The Kier molecular flexibility index (Phi) is 3.64. The van der Waals surface area contributed by atoms with Gasteiger partial charge in [0.2, 0.25) is 6.43 Å². The Morgan fingerprint density at radius 3 is 2.50 bits per heavy atom. The Hall–Kier alpha value is -0.990. The lowest BCUT2D eigenvalue weighted by atomic mass is 10.1. The Bertz CT molecular complexity index is 211. The lowest BCUT2D eigenvalue weighted by Crippen LogP contribution is -1.92. The number of aromatic nitrogens is 1. The zero-order valence-electron chi connectivity index (χ0n) is 6.71. The number of halogens is 2. The SMILES string of the molecule is FC(F)CCCc1ccncc1. The van der Waals surface area contributed by atoms with E-state index in [0.717, 1.165) is 5.56 Å². The molecule has 1 nitrogen and oxygen atoms in total. The first-order chi connectivity index (χ1) is 5.79. The molecule has 0 aliphatic rings. The smallest absolute Gasteiger partial charge is 0.238 e. The topological polar surface area (TPSA) is 12.9 Å². The number of nitrogens with zero attached hydrogens (tertiary/aromatic N) is 1. The van der Waals surface area contributed by atoms with Crippen molar-refractivity contribution in [2.75, 3.05) is 0 Å². The van der Waals surface area contributed by atoms with Crippen LogP contribution < -0.4 is 0 Å². The molecule has 0 fully saturated rings. The van der Waals surface area contributed by atoms with Crippen molar-refractivity contribution in [1.82, 2.24) is 4.98 Å². The van der Waals surface area contributed by atoms with Gasteiger partial charge in [0, 0.05) is 18.8 Å². The van der Waals surface area contributed by atoms with Crippen LogP contribution in [0.3, 0.4) is 0 Å². The fourth-order valence-electron chi connectivity index (χ4n) is 1.01. The van der Waals surface area contributed by atoms with Crippen molar-refractivity contribution in [1.29, 1.82) is 0 Å². The fraction of sp³-hybridized carbons (Fsp3) is 0.444. The van der Waals surface area contributed by atoms with Crippen LogP contribution in [-0.2, 0) is 6.42 Å². The molecular formula is C9H11F2N. The Labute approximate surface area is 70.4 Å². The Morgan fingerprint density at radius 2 is 1.92 bits per heavy atom. The molecule has 0 bridgehead atoms. The molecule has 0 unspecified atom stereocenters. The maximum absolute atomic E-state index is 11.7. The number of hydrogen-bond donors (Lipinski definition) is 0. The molecule has 0 aromatic carbocycles. The molecule has 0 spiro atoms. The van der Waals surface area contributed by atoms with Gasteiger partial charge < -0.3 is 0 Å². The van der Waals surface area contributed by atoms with Crippen LogP contribution in [0.4, 0.5) is 8.78 Å². The molecule has 0 radical (unpaired) electrons. The molecule has 0 amide bonds. The molecule has 0 aliphatic heterocycles. The van der Waals surface area contributed by atoms with Crippen LogP contribution in [0, 0.1) is 0 Å². The van der Waals surface area contributed by atoms with Gasteiger partial charge in [-0.3, -0.25) is 4.98 Å². The molecule has 66 valence electrons. The number of rotatable bonds is 4. The highest BCUT2D eigenvalue weighted by Gasteiger charge is 2.01. The largest absolute Gasteiger partial charge is 0.265 e. The summed E-state index contributed by atoms with van der Waals surface area (Å²) in [5, 5.41) is 0. The predicted molar refractivity (Wildman–Crippen MR) is 43.2 cm³/mol. The molecule has 0 N–H and O–H groups in total. The summed E-state index contributed by atoms with van der Waals surface area (Å²) in [7, 11) is 0. The van der Waals surface area contributed by atoms with Crippen molar-refractivity contribution < 1.29 is 8.78 Å². The van der Waals surface area contributed by atoms with Crippen molar-refractivity contribution in [3.63, 3.8) is 0 Å². The minimum atomic E-state index is -2.17. The summed E-state index contributed by atoms with van der Waals surface area (Å²) in [5.74, 6) is 0. The van der Waals surface area contributed by atoms with E-state index in [1.54, 1.807) is 12.4 Å². The van der Waals surface area contributed by atoms with Gasteiger partial charge in [-0.2, -0.15) is 0 Å². The van der Waals surface area contributed by atoms with Gasteiger partial charge in [0.05, 0.1) is 0 Å². The number of pyridine rings is 1. The number of aryl methyl sites for hydroxylation is 1. The van der Waals surface area contributed by atoms with Gasteiger partial charge >= 0.3 is 0 Å². The van der Waals surface area contributed by atoms with E-state index in [9.17, 15) is 8.78 Å². The molecule has 1 heterocycles. The van der Waals surface area contributed by atoms with E-state index < -0.39 is 6.43 Å². The second kappa shape index (κ2) is 4.80. The van der Waals surface area contributed by atoms with Crippen molar-refractivity contribution in [3.8, 4) is 0 Å². The summed E-state index contributed by atoms with van der Waals surface area (Å²) in [6.45, 7) is 0. The van der Waals surface area contributed by atoms with Gasteiger partial charge in [0.25, 0.3) is 0 Å². The predicted octanol–water partition coefficient (Wildman–Crippen LogP) is 2.67. The average Bonchev–Trinajstić information content (AvgIpc) is 2.05. The van der Waals surface area contributed by atoms with Crippen molar-refractivity contribution in [3.05, 3.63) is 30.1 Å². The maximum atomic E-state index is 11.7. The molecule has 12 heavy (non-hydrogen) atoms. The first kappa shape index (κ1) is 9.10. The van der Waals surface area contributed by atoms with Crippen LogP contribution in [0.2, 0.25) is 0 Å². The van der Waals surface area contributed by atoms with E-state index >= 15 is 0 Å². The average molecular weight is 171 g/mol. The minimum Gasteiger partial charge on any atom is -0.265 e. The highest BCUT2D eigenvalue weighted by Crippen LogP contribution is 2.07. The molecule has 1 aromatic rings. The first-order valence-electron chi connectivity index (χ1n) is 3.96. The van der Waals surface area contributed by atoms with Crippen LogP contribution in [0.5, 0.6) is 0 Å². The van der Waals surface area contributed by atoms with Crippen molar-refractivity contribution >= 4 is 0 Å². The molecule has 0 saturated carbocycles. The quantitative estimate of drug-likeness (QED) is 0.678. The van der Waals surface area contributed by atoms with Crippen LogP contribution >= 0.6 is 0 Å². The summed E-state index contributed by atoms with van der Waals surface area (Å²) in [6, 6.07) is 3.71. The third kappa shape index (κ3) is 3.42. The van der Waals surface area contributed by atoms with Gasteiger partial charge in [0.15, 0.2) is 0 Å². The second-order valence-electron chi connectivity index (χ2n) is 2.64. The zero-order valence-corrected chi connectivity index (χ0v) is 6.71. The third-order valence-corrected chi connectivity index (χ3v) is 1.64. The monoisotopic (exact) mass is 171 g/mol. The normalized spacial score (nSPS) is 10.6. The molecule has 0 atom stereocenters. The van der Waals surface area contributed by atoms with E-state index in [4.69, 9.17) is 0 Å². The Balaban J connectivity index is 2.25. The first-order valence-corrected chi connectivity index (χ1v) is 3.96. The summed E-state index contributed by atoms with van der Waals surface area (Å²) < 4.78 is 23.5. The van der Waals surface area contributed by atoms with Gasteiger partial charge in [-0.25, -0.2) is 8.78 Å². The third-order valence-electron chi connectivity index (χ3n) is 1.64. The lowest BCUT2D eigenvalue weighted by Gasteiger charge is -1.99.